The largest absolute Gasteiger partial charge is 0.463 e. The van der Waals surface area contributed by atoms with Gasteiger partial charge in [-0.15, -0.1) is 0 Å². The molecule has 0 unspecified atom stereocenters. The van der Waals surface area contributed by atoms with Crippen LogP contribution in [0.5, 0.6) is 0 Å². The maximum atomic E-state index is 11.5. The highest BCUT2D eigenvalue weighted by atomic mass is 16.5. The summed E-state index contributed by atoms with van der Waals surface area (Å²) in [7, 11) is 0. The first-order valence-electron chi connectivity index (χ1n) is 7.44. The Bertz CT molecular complexity index is 533. The molecule has 22 heavy (non-hydrogen) atoms. The average molecular weight is 301 g/mol. The average Bonchev–Trinajstić information content (AvgIpc) is 2.56. The zero-order chi connectivity index (χ0) is 16.2. The normalized spacial score (nSPS) is 11.5. The quantitative estimate of drug-likeness (QED) is 0.456. The van der Waals surface area contributed by atoms with Crippen LogP contribution in [0.4, 0.5) is 0 Å². The summed E-state index contributed by atoms with van der Waals surface area (Å²) in [5, 5.41) is 2.81. The number of allylic oxidation sites excluding steroid dienone is 1. The number of unbranched alkanes of at least 4 members (excludes halogenated alkanes) is 1. The number of hydrogen-bond donors (Lipinski definition) is 1. The zero-order valence-electron chi connectivity index (χ0n) is 13.2. The third-order valence-electron chi connectivity index (χ3n) is 3.10. The molecule has 0 aliphatic rings. The van der Waals surface area contributed by atoms with Gasteiger partial charge in [-0.2, -0.15) is 0 Å². The standard InChI is InChI=1S/C18H23NO3/c1-3-15(2)18(21)19-13-7-8-14-22-17(20)12-11-16-9-5-4-6-10-16/h3-6,9-12H,7-8,13-14H2,1-2H3,(H,19,21)/b12-11+,15-3+. The van der Waals surface area contributed by atoms with E-state index < -0.39 is 0 Å². The van der Waals surface area contributed by atoms with Gasteiger partial charge >= 0.3 is 5.97 Å². The molecule has 1 rings (SSSR count). The van der Waals surface area contributed by atoms with Crippen molar-refractivity contribution in [2.45, 2.75) is 26.7 Å². The van der Waals surface area contributed by atoms with Crippen LogP contribution >= 0.6 is 0 Å². The summed E-state index contributed by atoms with van der Waals surface area (Å²) in [6.07, 6.45) is 6.42. The van der Waals surface area contributed by atoms with E-state index in [4.69, 9.17) is 4.74 Å². The van der Waals surface area contributed by atoms with Gasteiger partial charge in [0, 0.05) is 18.2 Å². The number of carbonyl (C=O) groups is 2. The number of ether oxygens (including phenoxy) is 1. The van der Waals surface area contributed by atoms with Gasteiger partial charge in [0.15, 0.2) is 0 Å². The van der Waals surface area contributed by atoms with Crippen molar-refractivity contribution in [3.8, 4) is 0 Å². The fourth-order valence-corrected chi connectivity index (χ4v) is 1.65. The number of amides is 1. The number of nitrogens with one attached hydrogen (secondary N) is 1. The third kappa shape index (κ3) is 7.43. The number of esters is 1. The van der Waals surface area contributed by atoms with Gasteiger partial charge in [0.1, 0.15) is 0 Å². The van der Waals surface area contributed by atoms with Gasteiger partial charge < -0.3 is 10.1 Å². The lowest BCUT2D eigenvalue weighted by Gasteiger charge is -2.05. The molecule has 1 aromatic carbocycles. The van der Waals surface area contributed by atoms with E-state index in [9.17, 15) is 9.59 Å². The Hall–Kier alpha value is -2.36. The molecule has 0 atom stereocenters. The van der Waals surface area contributed by atoms with Crippen molar-refractivity contribution in [3.05, 3.63) is 53.6 Å². The number of carbonyl (C=O) groups excluding carboxylic acids is 2. The zero-order valence-corrected chi connectivity index (χ0v) is 13.2. The first kappa shape index (κ1) is 17.7. The van der Waals surface area contributed by atoms with Crippen LogP contribution in [0.25, 0.3) is 6.08 Å². The van der Waals surface area contributed by atoms with Gasteiger partial charge in [-0.05, 0) is 38.3 Å². The third-order valence-corrected chi connectivity index (χ3v) is 3.10. The van der Waals surface area contributed by atoms with E-state index in [2.05, 4.69) is 5.32 Å². The Kier molecular flexibility index (Phi) is 8.35. The van der Waals surface area contributed by atoms with Crippen molar-refractivity contribution >= 4 is 18.0 Å². The Labute approximate surface area is 131 Å². The topological polar surface area (TPSA) is 55.4 Å². The second kappa shape index (κ2) is 10.4. The lowest BCUT2D eigenvalue weighted by atomic mass is 10.2. The van der Waals surface area contributed by atoms with Crippen molar-refractivity contribution in [1.29, 1.82) is 0 Å². The van der Waals surface area contributed by atoms with Crippen LogP contribution in [0.3, 0.4) is 0 Å². The van der Waals surface area contributed by atoms with Crippen molar-refractivity contribution < 1.29 is 14.3 Å². The van der Waals surface area contributed by atoms with E-state index in [0.717, 1.165) is 18.4 Å². The maximum absolute atomic E-state index is 11.5. The Balaban J connectivity index is 2.11. The maximum Gasteiger partial charge on any atom is 0.330 e. The van der Waals surface area contributed by atoms with Crippen LogP contribution in [0.2, 0.25) is 0 Å². The van der Waals surface area contributed by atoms with Crippen LogP contribution in [0.1, 0.15) is 32.3 Å². The smallest absolute Gasteiger partial charge is 0.330 e. The number of benzene rings is 1. The number of hydrogen-bond acceptors (Lipinski definition) is 3. The monoisotopic (exact) mass is 301 g/mol. The van der Waals surface area contributed by atoms with Gasteiger partial charge in [0.25, 0.3) is 0 Å². The van der Waals surface area contributed by atoms with E-state index in [-0.39, 0.29) is 11.9 Å². The molecule has 0 fully saturated rings. The molecular formula is C18H23NO3. The predicted molar refractivity (Wildman–Crippen MR) is 88.1 cm³/mol. The molecule has 1 amide bonds. The molecule has 0 radical (unpaired) electrons. The van der Waals surface area contributed by atoms with Crippen molar-refractivity contribution in [1.82, 2.24) is 5.32 Å². The molecule has 4 nitrogen and oxygen atoms in total. The van der Waals surface area contributed by atoms with Crippen molar-refractivity contribution in [2.75, 3.05) is 13.2 Å². The first-order chi connectivity index (χ1) is 10.6. The predicted octanol–water partition coefficient (Wildman–Crippen LogP) is 3.11. The summed E-state index contributed by atoms with van der Waals surface area (Å²) in [5.41, 5.74) is 1.67. The minimum Gasteiger partial charge on any atom is -0.463 e. The Morgan fingerprint density at radius 2 is 1.91 bits per heavy atom. The second-order valence-electron chi connectivity index (χ2n) is 4.85. The van der Waals surface area contributed by atoms with Crippen LogP contribution in [-0.2, 0) is 14.3 Å². The molecule has 1 aromatic rings. The van der Waals surface area contributed by atoms with Gasteiger partial charge in [-0.1, -0.05) is 36.4 Å². The molecule has 4 heteroatoms. The fraction of sp³-hybridized carbons (Fsp3) is 0.333. The van der Waals surface area contributed by atoms with Crippen LogP contribution in [0, 0.1) is 0 Å². The molecule has 0 saturated carbocycles. The lowest BCUT2D eigenvalue weighted by Crippen LogP contribution is -2.25. The van der Waals surface area contributed by atoms with Crippen LogP contribution < -0.4 is 5.32 Å². The molecule has 0 spiro atoms. The van der Waals surface area contributed by atoms with Crippen molar-refractivity contribution in [2.24, 2.45) is 0 Å². The molecule has 0 aromatic heterocycles. The van der Waals surface area contributed by atoms with Crippen LogP contribution in [0.15, 0.2) is 48.1 Å². The van der Waals surface area contributed by atoms with Gasteiger partial charge in [-0.25, -0.2) is 4.79 Å². The summed E-state index contributed by atoms with van der Waals surface area (Å²) in [6.45, 7) is 4.55. The molecule has 1 N–H and O–H groups in total. The Morgan fingerprint density at radius 3 is 2.59 bits per heavy atom. The highest BCUT2D eigenvalue weighted by molar-refractivity contribution is 5.92. The van der Waals surface area contributed by atoms with E-state index in [1.54, 1.807) is 19.1 Å². The molecule has 0 aliphatic heterocycles. The Morgan fingerprint density at radius 1 is 1.18 bits per heavy atom. The molecule has 0 bridgehead atoms. The SMILES string of the molecule is C/C=C(\C)C(=O)NCCCCOC(=O)/C=C/c1ccccc1. The highest BCUT2D eigenvalue weighted by Crippen LogP contribution is 2.01. The molecule has 0 saturated heterocycles. The van der Waals surface area contributed by atoms with Gasteiger partial charge in [0.05, 0.1) is 6.61 Å². The van der Waals surface area contributed by atoms with E-state index >= 15 is 0 Å². The minimum absolute atomic E-state index is 0.0507. The molecular weight excluding hydrogens is 278 g/mol. The molecule has 0 aliphatic carbocycles. The van der Waals surface area contributed by atoms with Crippen molar-refractivity contribution in [3.63, 3.8) is 0 Å². The number of rotatable bonds is 8. The fourth-order valence-electron chi connectivity index (χ4n) is 1.65. The van der Waals surface area contributed by atoms with Gasteiger partial charge in [0.2, 0.25) is 5.91 Å². The van der Waals surface area contributed by atoms with Gasteiger partial charge in [-0.3, -0.25) is 4.79 Å². The lowest BCUT2D eigenvalue weighted by molar-refractivity contribution is -0.137. The highest BCUT2D eigenvalue weighted by Gasteiger charge is 2.01. The van der Waals surface area contributed by atoms with E-state index in [0.29, 0.717) is 18.7 Å². The van der Waals surface area contributed by atoms with E-state index in [1.807, 2.05) is 37.3 Å². The molecule has 0 heterocycles. The molecule has 118 valence electrons. The van der Waals surface area contributed by atoms with E-state index in [1.165, 1.54) is 6.08 Å². The summed E-state index contributed by atoms with van der Waals surface area (Å²) >= 11 is 0. The summed E-state index contributed by atoms with van der Waals surface area (Å²) < 4.78 is 5.09. The summed E-state index contributed by atoms with van der Waals surface area (Å²) in [6, 6.07) is 9.58. The second-order valence-corrected chi connectivity index (χ2v) is 4.85. The summed E-state index contributed by atoms with van der Waals surface area (Å²) in [5.74, 6) is -0.400. The summed E-state index contributed by atoms with van der Waals surface area (Å²) in [4.78, 5) is 23.0. The van der Waals surface area contributed by atoms with Crippen LogP contribution in [-0.4, -0.2) is 25.0 Å². The first-order valence-corrected chi connectivity index (χ1v) is 7.44. The minimum atomic E-state index is -0.349.